The maximum atomic E-state index is 5.64. The van der Waals surface area contributed by atoms with Gasteiger partial charge in [0.2, 0.25) is 5.95 Å². The zero-order chi connectivity index (χ0) is 14.8. The fraction of sp³-hybridized carbons (Fsp3) is 0. The van der Waals surface area contributed by atoms with Crippen molar-refractivity contribution in [2.75, 3.05) is 16.6 Å². The lowest BCUT2D eigenvalue weighted by molar-refractivity contribution is 1.19. The van der Waals surface area contributed by atoms with Crippen LogP contribution < -0.4 is 28.3 Å². The zero-order valence-corrected chi connectivity index (χ0v) is 11.0. The topological polar surface area (TPSA) is 141 Å². The molecule has 8 N–H and O–H groups in total. The first kappa shape index (κ1) is 13.0. The van der Waals surface area contributed by atoms with Crippen molar-refractivity contribution >= 4 is 28.5 Å². The Bertz CT molecular complexity index is 801. The van der Waals surface area contributed by atoms with E-state index in [0.29, 0.717) is 17.2 Å². The maximum absolute atomic E-state index is 5.64. The number of fused-ring (bicyclic) bond motifs is 1. The van der Waals surface area contributed by atoms with Crippen LogP contribution in [0.1, 0.15) is 0 Å². The number of nitrogens with two attached hydrogens (primary N) is 3. The Hall–Kier alpha value is -2.97. The van der Waals surface area contributed by atoms with Crippen LogP contribution >= 0.6 is 0 Å². The van der Waals surface area contributed by atoms with Gasteiger partial charge in [-0.1, -0.05) is 6.07 Å². The highest BCUT2D eigenvalue weighted by molar-refractivity contribution is 5.94. The molecule has 0 fully saturated rings. The van der Waals surface area contributed by atoms with Gasteiger partial charge in [0.25, 0.3) is 0 Å². The molecule has 2 heterocycles. The van der Waals surface area contributed by atoms with Crippen LogP contribution in [0.5, 0.6) is 0 Å². The van der Waals surface area contributed by atoms with E-state index >= 15 is 0 Å². The van der Waals surface area contributed by atoms with E-state index in [-0.39, 0.29) is 5.95 Å². The minimum absolute atomic E-state index is 0.161. The molecule has 3 rings (SSSR count). The number of nitrogen functional groups attached to an aromatic ring is 3. The summed E-state index contributed by atoms with van der Waals surface area (Å²) < 4.78 is 0. The summed E-state index contributed by atoms with van der Waals surface area (Å²) >= 11 is 0. The fourth-order valence-corrected chi connectivity index (χ4v) is 2.18. The molecule has 0 aliphatic rings. The predicted octanol–water partition coefficient (Wildman–Crippen LogP) is 0.845. The van der Waals surface area contributed by atoms with Crippen molar-refractivity contribution in [1.29, 1.82) is 0 Å². The quantitative estimate of drug-likeness (QED) is 0.351. The van der Waals surface area contributed by atoms with Gasteiger partial charge in [0.1, 0.15) is 5.82 Å². The number of pyridine rings is 1. The number of aromatic nitrogens is 3. The number of hydrogen-bond acceptors (Lipinski definition) is 8. The first-order valence-electron chi connectivity index (χ1n) is 6.19. The van der Waals surface area contributed by atoms with Crippen molar-refractivity contribution in [1.82, 2.24) is 15.0 Å². The Kier molecular flexibility index (Phi) is 3.22. The molecule has 0 unspecified atom stereocenters. The molecule has 0 aliphatic carbocycles. The number of rotatable bonds is 3. The summed E-state index contributed by atoms with van der Waals surface area (Å²) in [4.78, 5) is 12.4. The van der Waals surface area contributed by atoms with E-state index in [1.54, 1.807) is 6.20 Å². The third kappa shape index (κ3) is 2.29. The van der Waals surface area contributed by atoms with Gasteiger partial charge in [-0.3, -0.25) is 0 Å². The number of hydrazine groups is 2. The molecular weight excluding hydrogens is 268 g/mol. The molecule has 8 nitrogen and oxygen atoms in total. The van der Waals surface area contributed by atoms with Crippen molar-refractivity contribution in [2.24, 2.45) is 11.7 Å². The van der Waals surface area contributed by atoms with E-state index < -0.39 is 0 Å². The number of hydrogen-bond donors (Lipinski definition) is 5. The van der Waals surface area contributed by atoms with Crippen molar-refractivity contribution in [3.05, 3.63) is 36.5 Å². The molecule has 0 bridgehead atoms. The van der Waals surface area contributed by atoms with Gasteiger partial charge < -0.3 is 16.6 Å². The summed E-state index contributed by atoms with van der Waals surface area (Å²) in [5, 5.41) is 0.760. The summed E-state index contributed by atoms with van der Waals surface area (Å²) in [6.07, 6.45) is 1.66. The first-order chi connectivity index (χ1) is 10.2. The van der Waals surface area contributed by atoms with Crippen LogP contribution in [0.15, 0.2) is 36.5 Å². The number of nitrogens with zero attached hydrogens (tertiary/aromatic N) is 3. The molecule has 8 heteroatoms. The van der Waals surface area contributed by atoms with E-state index in [4.69, 9.17) is 17.4 Å². The van der Waals surface area contributed by atoms with Gasteiger partial charge in [0.05, 0.1) is 5.52 Å². The van der Waals surface area contributed by atoms with Gasteiger partial charge in [0.15, 0.2) is 5.82 Å². The van der Waals surface area contributed by atoms with Gasteiger partial charge in [-0.2, -0.15) is 4.98 Å². The van der Waals surface area contributed by atoms with Crippen LogP contribution in [0, 0.1) is 0 Å². The first-order valence-corrected chi connectivity index (χ1v) is 6.19. The molecule has 0 saturated carbocycles. The molecule has 1 aromatic carbocycles. The minimum Gasteiger partial charge on any atom is -0.368 e. The summed E-state index contributed by atoms with van der Waals surface area (Å²) in [6, 6.07) is 9.41. The minimum atomic E-state index is 0.161. The Morgan fingerprint density at radius 2 is 1.76 bits per heavy atom. The molecule has 106 valence electrons. The van der Waals surface area contributed by atoms with Crippen molar-refractivity contribution in [2.45, 2.75) is 0 Å². The maximum Gasteiger partial charge on any atom is 0.222 e. The average Bonchev–Trinajstić information content (AvgIpc) is 2.53. The third-order valence-corrected chi connectivity index (χ3v) is 3.11. The van der Waals surface area contributed by atoms with E-state index in [9.17, 15) is 0 Å². The van der Waals surface area contributed by atoms with Gasteiger partial charge in [0, 0.05) is 17.1 Å². The van der Waals surface area contributed by atoms with Crippen LogP contribution in [-0.4, -0.2) is 15.0 Å². The Labute approximate surface area is 120 Å². The van der Waals surface area contributed by atoms with E-state index in [0.717, 1.165) is 16.5 Å². The lowest BCUT2D eigenvalue weighted by atomic mass is 10.0. The monoisotopic (exact) mass is 282 g/mol. The molecular formula is C13H14N8. The molecule has 0 saturated heterocycles. The van der Waals surface area contributed by atoms with Crippen molar-refractivity contribution in [3.63, 3.8) is 0 Å². The average molecular weight is 282 g/mol. The smallest absolute Gasteiger partial charge is 0.222 e. The molecule has 0 radical (unpaired) electrons. The Morgan fingerprint density at radius 1 is 0.952 bits per heavy atom. The molecule has 2 aromatic heterocycles. The summed E-state index contributed by atoms with van der Waals surface area (Å²) in [5.41, 5.74) is 13.2. The lowest BCUT2D eigenvalue weighted by Crippen LogP contribution is -2.11. The van der Waals surface area contributed by atoms with Crippen molar-refractivity contribution in [3.8, 4) is 11.1 Å². The normalized spacial score (nSPS) is 10.6. The predicted molar refractivity (Wildman–Crippen MR) is 82.8 cm³/mol. The molecule has 0 spiro atoms. The molecule has 0 amide bonds. The summed E-state index contributed by atoms with van der Waals surface area (Å²) in [6.45, 7) is 0. The SMILES string of the molecule is NNc1ncccc1-c1ccc2nc(N)nc(NN)c2c1. The van der Waals surface area contributed by atoms with Crippen LogP contribution in [-0.2, 0) is 0 Å². The standard InChI is InChI=1S/C13H14N8/c14-13-18-10-4-3-7(6-9(10)12(19-13)21-16)8-2-1-5-17-11(8)20-15/h1-6H,15-16H2,(H,17,20)(H3,14,18,19,21). The van der Waals surface area contributed by atoms with Gasteiger partial charge in [-0.15, -0.1) is 0 Å². The van der Waals surface area contributed by atoms with Gasteiger partial charge >= 0.3 is 0 Å². The van der Waals surface area contributed by atoms with E-state index in [2.05, 4.69) is 25.8 Å². The summed E-state index contributed by atoms with van der Waals surface area (Å²) in [7, 11) is 0. The highest BCUT2D eigenvalue weighted by Gasteiger charge is 2.09. The zero-order valence-electron chi connectivity index (χ0n) is 11.0. The third-order valence-electron chi connectivity index (χ3n) is 3.11. The largest absolute Gasteiger partial charge is 0.368 e. The highest BCUT2D eigenvalue weighted by Crippen LogP contribution is 2.30. The van der Waals surface area contributed by atoms with Gasteiger partial charge in [-0.25, -0.2) is 21.7 Å². The molecule has 3 aromatic rings. The van der Waals surface area contributed by atoms with E-state index in [1.165, 1.54) is 0 Å². The number of anilines is 3. The van der Waals surface area contributed by atoms with Crippen LogP contribution in [0.25, 0.3) is 22.0 Å². The van der Waals surface area contributed by atoms with E-state index in [1.807, 2.05) is 30.3 Å². The van der Waals surface area contributed by atoms with Crippen molar-refractivity contribution < 1.29 is 0 Å². The Morgan fingerprint density at radius 3 is 2.52 bits per heavy atom. The molecule has 0 aliphatic heterocycles. The highest BCUT2D eigenvalue weighted by atomic mass is 15.3. The van der Waals surface area contributed by atoms with Crippen LogP contribution in [0.4, 0.5) is 17.6 Å². The molecule has 21 heavy (non-hydrogen) atoms. The fourth-order valence-electron chi connectivity index (χ4n) is 2.18. The summed E-state index contributed by atoms with van der Waals surface area (Å²) in [5.74, 6) is 12.2. The number of nitrogens with one attached hydrogen (secondary N) is 2. The number of benzene rings is 1. The van der Waals surface area contributed by atoms with Gasteiger partial charge in [-0.05, 0) is 29.8 Å². The molecule has 0 atom stereocenters. The second-order valence-electron chi connectivity index (χ2n) is 4.35. The Balaban J connectivity index is 2.23. The lowest BCUT2D eigenvalue weighted by Gasteiger charge is -2.10. The second kappa shape index (κ2) is 5.19. The van der Waals surface area contributed by atoms with Crippen LogP contribution in [0.3, 0.4) is 0 Å². The van der Waals surface area contributed by atoms with Crippen LogP contribution in [0.2, 0.25) is 0 Å². The second-order valence-corrected chi connectivity index (χ2v) is 4.35.